The van der Waals surface area contributed by atoms with Gasteiger partial charge in [-0.15, -0.1) is 0 Å². The van der Waals surface area contributed by atoms with Crippen LogP contribution in [0.2, 0.25) is 0 Å². The van der Waals surface area contributed by atoms with Crippen molar-refractivity contribution in [2.24, 2.45) is 11.3 Å². The highest BCUT2D eigenvalue weighted by molar-refractivity contribution is 6.08. The molecule has 0 bridgehead atoms. The number of benzene rings is 1. The molecule has 3 rings (SSSR count). The Bertz CT molecular complexity index is 758. The maximum Gasteiger partial charge on any atom is 0.331 e. The Hall–Kier alpha value is -2.37. The van der Waals surface area contributed by atoms with E-state index in [0.29, 0.717) is 24.5 Å². The molecule has 1 aliphatic carbocycles. The molecule has 1 aliphatic heterocycles. The van der Waals surface area contributed by atoms with Gasteiger partial charge in [0, 0.05) is 0 Å². The van der Waals surface area contributed by atoms with E-state index in [-0.39, 0.29) is 17.9 Å². The van der Waals surface area contributed by atoms with Crippen LogP contribution in [0, 0.1) is 18.3 Å². The Morgan fingerprint density at radius 2 is 2.04 bits per heavy atom. The molecule has 1 saturated heterocycles. The molecule has 26 heavy (non-hydrogen) atoms. The maximum absolute atomic E-state index is 13.0. The Morgan fingerprint density at radius 3 is 2.69 bits per heavy atom. The molecule has 1 N–H and O–H groups in total. The van der Waals surface area contributed by atoms with E-state index in [0.717, 1.165) is 16.9 Å². The van der Waals surface area contributed by atoms with Crippen molar-refractivity contribution >= 4 is 17.9 Å². The number of hydrogen-bond acceptors (Lipinski definition) is 4. The van der Waals surface area contributed by atoms with Gasteiger partial charge in [-0.05, 0) is 55.2 Å². The molecule has 6 nitrogen and oxygen atoms in total. The summed E-state index contributed by atoms with van der Waals surface area (Å²) >= 11 is 0. The standard InChI is InChI=1S/C20H26N2O4/c1-13-6-5-7-15(8-13)26-16(23)11-22-17(24)20(21-18(22)25)10-14(2)9-19(3,4)12-20/h5-8,14H,9-12H2,1-4H3,(H,21,25)/t14-,20+/m1/s1. The first kappa shape index (κ1) is 18.4. The molecule has 0 radical (unpaired) electrons. The molecular formula is C20H26N2O4. The monoisotopic (exact) mass is 358 g/mol. The summed E-state index contributed by atoms with van der Waals surface area (Å²) in [6.07, 6.45) is 2.19. The molecule has 1 spiro atoms. The number of ether oxygens (including phenoxy) is 1. The Morgan fingerprint density at radius 1 is 1.31 bits per heavy atom. The zero-order valence-electron chi connectivity index (χ0n) is 15.8. The van der Waals surface area contributed by atoms with Gasteiger partial charge >= 0.3 is 12.0 Å². The summed E-state index contributed by atoms with van der Waals surface area (Å²) in [6, 6.07) is 6.57. The lowest BCUT2D eigenvalue weighted by Gasteiger charge is -2.43. The minimum atomic E-state index is -0.901. The van der Waals surface area contributed by atoms with E-state index in [1.54, 1.807) is 18.2 Å². The molecule has 2 atom stereocenters. The molecule has 140 valence electrons. The topological polar surface area (TPSA) is 75.7 Å². The highest BCUT2D eigenvalue weighted by Crippen LogP contribution is 2.46. The van der Waals surface area contributed by atoms with Gasteiger partial charge in [0.2, 0.25) is 0 Å². The molecule has 3 amide bonds. The van der Waals surface area contributed by atoms with E-state index < -0.39 is 17.5 Å². The lowest BCUT2D eigenvalue weighted by atomic mass is 9.64. The summed E-state index contributed by atoms with van der Waals surface area (Å²) in [5, 5.41) is 2.86. The Kier molecular flexibility index (Phi) is 4.54. The van der Waals surface area contributed by atoms with E-state index in [1.807, 2.05) is 13.0 Å². The smallest absolute Gasteiger partial charge is 0.331 e. The number of nitrogens with one attached hydrogen (secondary N) is 1. The molecule has 1 saturated carbocycles. The van der Waals surface area contributed by atoms with E-state index >= 15 is 0 Å². The predicted octanol–water partition coefficient (Wildman–Crippen LogP) is 3.04. The van der Waals surface area contributed by atoms with Crippen LogP contribution in [0.3, 0.4) is 0 Å². The second-order valence-corrected chi connectivity index (χ2v) is 8.55. The van der Waals surface area contributed by atoms with Crippen molar-refractivity contribution in [1.82, 2.24) is 10.2 Å². The number of hydrogen-bond donors (Lipinski definition) is 1. The molecule has 0 aromatic heterocycles. The fourth-order valence-corrected chi connectivity index (χ4v) is 4.62. The van der Waals surface area contributed by atoms with Crippen molar-refractivity contribution in [2.75, 3.05) is 6.54 Å². The van der Waals surface area contributed by atoms with Gasteiger partial charge in [0.05, 0.1) is 0 Å². The summed E-state index contributed by atoms with van der Waals surface area (Å²) in [5.74, 6) is -0.214. The first-order valence-corrected chi connectivity index (χ1v) is 9.02. The number of esters is 1. The third kappa shape index (κ3) is 3.59. The predicted molar refractivity (Wildman–Crippen MR) is 96.6 cm³/mol. The van der Waals surface area contributed by atoms with Gasteiger partial charge < -0.3 is 10.1 Å². The van der Waals surface area contributed by atoms with Gasteiger partial charge in [0.1, 0.15) is 17.8 Å². The van der Waals surface area contributed by atoms with Crippen LogP contribution < -0.4 is 10.1 Å². The van der Waals surface area contributed by atoms with Crippen molar-refractivity contribution in [3.8, 4) is 5.75 Å². The fourth-order valence-electron chi connectivity index (χ4n) is 4.62. The summed E-state index contributed by atoms with van der Waals surface area (Å²) < 4.78 is 5.28. The van der Waals surface area contributed by atoms with Crippen molar-refractivity contribution in [2.45, 2.75) is 52.5 Å². The first-order chi connectivity index (χ1) is 12.1. The van der Waals surface area contributed by atoms with Gasteiger partial charge in [-0.1, -0.05) is 32.9 Å². The Balaban J connectivity index is 1.72. The molecule has 0 unspecified atom stereocenters. The molecule has 6 heteroatoms. The van der Waals surface area contributed by atoms with Crippen LogP contribution >= 0.6 is 0 Å². The fraction of sp³-hybridized carbons (Fsp3) is 0.550. The third-order valence-electron chi connectivity index (χ3n) is 5.13. The number of imide groups is 1. The summed E-state index contributed by atoms with van der Waals surface area (Å²) in [7, 11) is 0. The van der Waals surface area contributed by atoms with Crippen LogP contribution in [0.1, 0.15) is 45.6 Å². The zero-order valence-corrected chi connectivity index (χ0v) is 15.8. The third-order valence-corrected chi connectivity index (χ3v) is 5.13. The van der Waals surface area contributed by atoms with Crippen LogP contribution in [0.5, 0.6) is 5.75 Å². The minimum absolute atomic E-state index is 0.0430. The number of carbonyl (C=O) groups is 3. The number of urea groups is 1. The quantitative estimate of drug-likeness (QED) is 0.512. The molecule has 2 aliphatic rings. The highest BCUT2D eigenvalue weighted by Gasteiger charge is 2.56. The molecule has 1 heterocycles. The van der Waals surface area contributed by atoms with Crippen LogP contribution in [-0.2, 0) is 9.59 Å². The van der Waals surface area contributed by atoms with Crippen LogP contribution in [-0.4, -0.2) is 34.9 Å². The van der Waals surface area contributed by atoms with E-state index in [1.165, 1.54) is 0 Å². The SMILES string of the molecule is Cc1cccc(OC(=O)CN2C(=O)N[C@]3(C[C@H](C)CC(C)(C)C3)C2=O)c1. The van der Waals surface area contributed by atoms with Gasteiger partial charge in [0.15, 0.2) is 0 Å². The molecule has 1 aromatic carbocycles. The van der Waals surface area contributed by atoms with E-state index in [2.05, 4.69) is 26.1 Å². The average molecular weight is 358 g/mol. The van der Waals surface area contributed by atoms with Gasteiger partial charge in [0.25, 0.3) is 5.91 Å². The largest absolute Gasteiger partial charge is 0.425 e. The number of aryl methyl sites for hydroxylation is 1. The lowest BCUT2D eigenvalue weighted by molar-refractivity contribution is -0.142. The summed E-state index contributed by atoms with van der Waals surface area (Å²) in [6.45, 7) is 7.83. The minimum Gasteiger partial charge on any atom is -0.425 e. The summed E-state index contributed by atoms with van der Waals surface area (Å²) in [4.78, 5) is 38.6. The highest BCUT2D eigenvalue weighted by atomic mass is 16.5. The van der Waals surface area contributed by atoms with Crippen molar-refractivity contribution in [3.05, 3.63) is 29.8 Å². The summed E-state index contributed by atoms with van der Waals surface area (Å²) in [5.41, 5.74) is 0.0169. The first-order valence-electron chi connectivity index (χ1n) is 9.02. The second kappa shape index (κ2) is 6.41. The van der Waals surface area contributed by atoms with E-state index in [9.17, 15) is 14.4 Å². The second-order valence-electron chi connectivity index (χ2n) is 8.55. The van der Waals surface area contributed by atoms with Gasteiger partial charge in [-0.25, -0.2) is 9.59 Å². The average Bonchev–Trinajstić information content (AvgIpc) is 2.68. The van der Waals surface area contributed by atoms with Crippen molar-refractivity contribution in [3.63, 3.8) is 0 Å². The number of amides is 3. The number of carbonyl (C=O) groups excluding carboxylic acids is 3. The maximum atomic E-state index is 13.0. The molecular weight excluding hydrogens is 332 g/mol. The van der Waals surface area contributed by atoms with Gasteiger partial charge in [-0.3, -0.25) is 9.69 Å². The van der Waals surface area contributed by atoms with Crippen LogP contribution in [0.25, 0.3) is 0 Å². The number of nitrogens with zero attached hydrogens (tertiary/aromatic N) is 1. The van der Waals surface area contributed by atoms with Crippen molar-refractivity contribution in [1.29, 1.82) is 0 Å². The zero-order chi connectivity index (χ0) is 19.1. The molecule has 1 aromatic rings. The van der Waals surface area contributed by atoms with Crippen LogP contribution in [0.15, 0.2) is 24.3 Å². The van der Waals surface area contributed by atoms with E-state index in [4.69, 9.17) is 4.74 Å². The molecule has 2 fully saturated rings. The van der Waals surface area contributed by atoms with Crippen molar-refractivity contribution < 1.29 is 19.1 Å². The lowest BCUT2D eigenvalue weighted by Crippen LogP contribution is -2.54. The Labute approximate surface area is 153 Å². The normalized spacial score (nSPS) is 27.5. The number of rotatable bonds is 3. The van der Waals surface area contributed by atoms with Crippen LogP contribution in [0.4, 0.5) is 4.79 Å². The van der Waals surface area contributed by atoms with Gasteiger partial charge in [-0.2, -0.15) is 0 Å².